The molecule has 1 aliphatic rings. The molecule has 0 bridgehead atoms. The first-order valence-electron chi connectivity index (χ1n) is 8.23. The van der Waals surface area contributed by atoms with E-state index in [4.69, 9.17) is 10.5 Å². The van der Waals surface area contributed by atoms with E-state index in [0.717, 1.165) is 23.7 Å². The Balaban J connectivity index is 0.00000312. The summed E-state index contributed by atoms with van der Waals surface area (Å²) in [5.74, 6) is -0.302. The summed E-state index contributed by atoms with van der Waals surface area (Å²) in [7, 11) is 0. The van der Waals surface area contributed by atoms with Gasteiger partial charge in [-0.2, -0.15) is 0 Å². The average molecular weight is 435 g/mol. The lowest BCUT2D eigenvalue weighted by Crippen LogP contribution is -2.45. The Morgan fingerprint density at radius 2 is 2.04 bits per heavy atom. The number of amides is 2. The molecule has 3 N–H and O–H groups in total. The first-order chi connectivity index (χ1) is 11.6. The van der Waals surface area contributed by atoms with E-state index >= 15 is 0 Å². The minimum absolute atomic E-state index is 0. The monoisotopic (exact) mass is 433 g/mol. The van der Waals surface area contributed by atoms with Crippen molar-refractivity contribution in [3.05, 3.63) is 34.3 Å². The largest absolute Gasteiger partial charge is 0.378 e. The van der Waals surface area contributed by atoms with Crippen LogP contribution in [0.1, 0.15) is 29.6 Å². The second-order valence-corrected chi connectivity index (χ2v) is 6.70. The molecule has 0 atom stereocenters. The summed E-state index contributed by atoms with van der Waals surface area (Å²) in [6.07, 6.45) is 2.73. The smallest absolute Gasteiger partial charge is 0.251 e. The molecule has 25 heavy (non-hydrogen) atoms. The highest BCUT2D eigenvalue weighted by molar-refractivity contribution is 9.10. The second-order valence-electron chi connectivity index (χ2n) is 5.79. The summed E-state index contributed by atoms with van der Waals surface area (Å²) in [4.78, 5) is 26.0. The molecule has 1 aromatic carbocycles. The van der Waals surface area contributed by atoms with Gasteiger partial charge in [0, 0.05) is 29.7 Å². The van der Waals surface area contributed by atoms with E-state index in [2.05, 4.69) is 21.2 Å². The molecule has 0 aliphatic carbocycles. The molecule has 1 aromatic rings. The third-order valence-electron chi connectivity index (χ3n) is 3.98. The molecule has 1 saturated heterocycles. The molecule has 0 spiro atoms. The van der Waals surface area contributed by atoms with E-state index in [1.807, 2.05) is 6.07 Å². The lowest BCUT2D eigenvalue weighted by Gasteiger charge is -2.32. The normalized spacial score (nSPS) is 14.7. The van der Waals surface area contributed by atoms with Gasteiger partial charge in [0.05, 0.1) is 12.6 Å². The fourth-order valence-electron chi connectivity index (χ4n) is 2.60. The zero-order chi connectivity index (χ0) is 17.4. The predicted molar refractivity (Wildman–Crippen MR) is 103 cm³/mol. The predicted octanol–water partition coefficient (Wildman–Crippen LogP) is 1.96. The molecule has 8 heteroatoms. The number of benzene rings is 1. The van der Waals surface area contributed by atoms with Crippen LogP contribution < -0.4 is 11.1 Å². The van der Waals surface area contributed by atoms with Crippen molar-refractivity contribution in [1.82, 2.24) is 10.2 Å². The van der Waals surface area contributed by atoms with Gasteiger partial charge in [-0.1, -0.05) is 22.0 Å². The fourth-order valence-corrected chi connectivity index (χ4v) is 3.00. The third-order valence-corrected chi connectivity index (χ3v) is 4.48. The standard InChI is InChI=1S/C17H24BrN3O3.ClH/c18-14-4-1-3-13(11-14)17(23)20-12-16(22)21-8-5-15(6-9-21)24-10-2-7-19;/h1,3-4,11,15H,2,5-10,12,19H2,(H,20,23);1H. The van der Waals surface area contributed by atoms with Gasteiger partial charge in [0.25, 0.3) is 5.91 Å². The van der Waals surface area contributed by atoms with Crippen molar-refractivity contribution in [2.45, 2.75) is 25.4 Å². The highest BCUT2D eigenvalue weighted by Gasteiger charge is 2.23. The molecular formula is C17H25BrClN3O3. The highest BCUT2D eigenvalue weighted by Crippen LogP contribution is 2.14. The zero-order valence-electron chi connectivity index (χ0n) is 14.1. The van der Waals surface area contributed by atoms with Crippen molar-refractivity contribution < 1.29 is 14.3 Å². The van der Waals surface area contributed by atoms with E-state index < -0.39 is 0 Å². The number of nitrogens with zero attached hydrogens (tertiary/aromatic N) is 1. The van der Waals surface area contributed by atoms with Crippen LogP contribution in [0.25, 0.3) is 0 Å². The summed E-state index contributed by atoms with van der Waals surface area (Å²) in [6, 6.07) is 7.08. The van der Waals surface area contributed by atoms with Gasteiger partial charge in [-0.15, -0.1) is 12.4 Å². The van der Waals surface area contributed by atoms with Gasteiger partial charge >= 0.3 is 0 Å². The van der Waals surface area contributed by atoms with E-state index in [0.29, 0.717) is 31.8 Å². The molecule has 0 radical (unpaired) electrons. The van der Waals surface area contributed by atoms with E-state index in [9.17, 15) is 9.59 Å². The minimum atomic E-state index is -0.246. The van der Waals surface area contributed by atoms with E-state index in [-0.39, 0.29) is 36.9 Å². The Bertz CT molecular complexity index is 566. The molecule has 0 saturated carbocycles. The lowest BCUT2D eigenvalue weighted by atomic mass is 10.1. The lowest BCUT2D eigenvalue weighted by molar-refractivity contribution is -0.132. The minimum Gasteiger partial charge on any atom is -0.378 e. The Kier molecular flexibility index (Phi) is 10.0. The molecular weight excluding hydrogens is 410 g/mol. The average Bonchev–Trinajstić information content (AvgIpc) is 2.60. The van der Waals surface area contributed by atoms with Gasteiger partial charge in [-0.3, -0.25) is 9.59 Å². The van der Waals surface area contributed by atoms with Crippen LogP contribution in [0.3, 0.4) is 0 Å². The van der Waals surface area contributed by atoms with Gasteiger partial charge < -0.3 is 20.7 Å². The molecule has 2 rings (SSSR count). The van der Waals surface area contributed by atoms with Crippen molar-refractivity contribution in [2.24, 2.45) is 5.73 Å². The molecule has 0 aromatic heterocycles. The highest BCUT2D eigenvalue weighted by atomic mass is 79.9. The van der Waals surface area contributed by atoms with Crippen molar-refractivity contribution in [2.75, 3.05) is 32.8 Å². The number of nitrogens with two attached hydrogens (primary N) is 1. The van der Waals surface area contributed by atoms with Gasteiger partial charge in [-0.25, -0.2) is 0 Å². The summed E-state index contributed by atoms with van der Waals surface area (Å²) in [5, 5.41) is 2.68. The Hall–Kier alpha value is -1.15. The van der Waals surface area contributed by atoms with Crippen LogP contribution in [0.4, 0.5) is 0 Å². The van der Waals surface area contributed by atoms with E-state index in [1.54, 1.807) is 23.1 Å². The number of carbonyl (C=O) groups excluding carboxylic acids is 2. The van der Waals surface area contributed by atoms with Crippen LogP contribution in [-0.2, 0) is 9.53 Å². The Labute approximate surface area is 163 Å². The maximum atomic E-state index is 12.2. The molecule has 2 amide bonds. The number of hydrogen-bond acceptors (Lipinski definition) is 4. The van der Waals surface area contributed by atoms with Crippen molar-refractivity contribution >= 4 is 40.2 Å². The number of halogens is 2. The maximum Gasteiger partial charge on any atom is 0.251 e. The number of likely N-dealkylation sites (tertiary alicyclic amines) is 1. The van der Waals surface area contributed by atoms with Gasteiger partial charge in [0.2, 0.25) is 5.91 Å². The summed E-state index contributed by atoms with van der Waals surface area (Å²) in [6.45, 7) is 2.66. The fraction of sp³-hybridized carbons (Fsp3) is 0.529. The van der Waals surface area contributed by atoms with Crippen molar-refractivity contribution in [1.29, 1.82) is 0 Å². The van der Waals surface area contributed by atoms with Gasteiger partial charge in [-0.05, 0) is 44.0 Å². The number of rotatable bonds is 7. The molecule has 140 valence electrons. The van der Waals surface area contributed by atoms with Crippen LogP contribution in [-0.4, -0.2) is 55.6 Å². The molecule has 0 unspecified atom stereocenters. The van der Waals surface area contributed by atoms with Gasteiger partial charge in [0.1, 0.15) is 0 Å². The van der Waals surface area contributed by atoms with E-state index in [1.165, 1.54) is 0 Å². The number of nitrogens with one attached hydrogen (secondary N) is 1. The summed E-state index contributed by atoms with van der Waals surface area (Å²) in [5.41, 5.74) is 5.98. The summed E-state index contributed by atoms with van der Waals surface area (Å²) >= 11 is 3.33. The quantitative estimate of drug-likeness (QED) is 0.643. The molecule has 6 nitrogen and oxygen atoms in total. The second kappa shape index (κ2) is 11.5. The van der Waals surface area contributed by atoms with Crippen molar-refractivity contribution in [3.63, 3.8) is 0 Å². The number of hydrogen-bond donors (Lipinski definition) is 2. The SMILES string of the molecule is Cl.NCCCOC1CCN(C(=O)CNC(=O)c2cccc(Br)c2)CC1. The Morgan fingerprint density at radius 3 is 2.68 bits per heavy atom. The van der Waals surface area contributed by atoms with Crippen molar-refractivity contribution in [3.8, 4) is 0 Å². The molecule has 1 heterocycles. The first kappa shape index (κ1) is 21.9. The topological polar surface area (TPSA) is 84.7 Å². The van der Waals surface area contributed by atoms with Gasteiger partial charge in [0.15, 0.2) is 0 Å². The van der Waals surface area contributed by atoms with Crippen LogP contribution in [0.5, 0.6) is 0 Å². The van der Waals surface area contributed by atoms with Crippen LogP contribution in [0.15, 0.2) is 28.7 Å². The third kappa shape index (κ3) is 7.32. The number of ether oxygens (including phenoxy) is 1. The summed E-state index contributed by atoms with van der Waals surface area (Å²) < 4.78 is 6.56. The first-order valence-corrected chi connectivity index (χ1v) is 9.02. The van der Waals surface area contributed by atoms with Crippen LogP contribution >= 0.6 is 28.3 Å². The number of piperidine rings is 1. The Morgan fingerprint density at radius 1 is 1.32 bits per heavy atom. The maximum absolute atomic E-state index is 12.2. The zero-order valence-corrected chi connectivity index (χ0v) is 16.5. The number of carbonyl (C=O) groups is 2. The van der Waals surface area contributed by atoms with Crippen LogP contribution in [0, 0.1) is 0 Å². The molecule has 1 aliphatic heterocycles. The van der Waals surface area contributed by atoms with Crippen LogP contribution in [0.2, 0.25) is 0 Å². The molecule has 1 fully saturated rings.